The number of furan rings is 1. The van der Waals surface area contributed by atoms with E-state index in [0.717, 1.165) is 42.2 Å². The van der Waals surface area contributed by atoms with Gasteiger partial charge in [0.15, 0.2) is 0 Å². The number of hydrogen-bond donors (Lipinski definition) is 1. The Morgan fingerprint density at radius 2 is 2.05 bits per heavy atom. The summed E-state index contributed by atoms with van der Waals surface area (Å²) in [6, 6.07) is 10.0. The molecule has 2 nitrogen and oxygen atoms in total. The number of benzene rings is 1. The Bertz CT molecular complexity index is 525. The van der Waals surface area contributed by atoms with E-state index < -0.39 is 0 Å². The second-order valence-corrected chi connectivity index (χ2v) is 5.80. The van der Waals surface area contributed by atoms with Gasteiger partial charge in [-0.15, -0.1) is 0 Å². The molecule has 0 aliphatic heterocycles. The molecular weight excluding hydrogens is 293 g/mol. The monoisotopic (exact) mass is 311 g/mol. The largest absolute Gasteiger partial charge is 0.469 e. The van der Waals surface area contributed by atoms with Crippen LogP contribution >= 0.6 is 23.2 Å². The zero-order chi connectivity index (χ0) is 14.4. The smallest absolute Gasteiger partial charge is 0.103 e. The Balaban J connectivity index is 1.69. The molecular formula is C16H19Cl2NO. The molecule has 0 bridgehead atoms. The van der Waals surface area contributed by atoms with Crippen molar-refractivity contribution >= 4 is 23.2 Å². The molecule has 1 aromatic heterocycles. The van der Waals surface area contributed by atoms with Crippen LogP contribution in [0.1, 0.15) is 24.7 Å². The van der Waals surface area contributed by atoms with E-state index in [-0.39, 0.29) is 0 Å². The van der Waals surface area contributed by atoms with Gasteiger partial charge in [-0.25, -0.2) is 0 Å². The number of nitrogens with one attached hydrogen (secondary N) is 1. The Kier molecular flexibility index (Phi) is 5.96. The molecule has 1 unspecified atom stereocenters. The molecule has 1 aromatic carbocycles. The van der Waals surface area contributed by atoms with E-state index in [1.165, 1.54) is 0 Å². The van der Waals surface area contributed by atoms with Crippen LogP contribution in [0, 0.1) is 0 Å². The van der Waals surface area contributed by atoms with E-state index >= 15 is 0 Å². The third-order valence-corrected chi connectivity index (χ3v) is 3.89. The fourth-order valence-electron chi connectivity index (χ4n) is 2.09. The van der Waals surface area contributed by atoms with Gasteiger partial charge in [-0.2, -0.15) is 0 Å². The summed E-state index contributed by atoms with van der Waals surface area (Å²) in [6.07, 6.45) is 4.64. The Morgan fingerprint density at radius 3 is 2.75 bits per heavy atom. The highest BCUT2D eigenvalue weighted by atomic mass is 35.5. The fourth-order valence-corrected chi connectivity index (χ4v) is 2.60. The van der Waals surface area contributed by atoms with Gasteiger partial charge in [0.1, 0.15) is 5.76 Å². The maximum atomic E-state index is 6.15. The summed E-state index contributed by atoms with van der Waals surface area (Å²) in [5.41, 5.74) is 1.13. The lowest BCUT2D eigenvalue weighted by Crippen LogP contribution is -2.28. The maximum Gasteiger partial charge on any atom is 0.103 e. The van der Waals surface area contributed by atoms with E-state index in [0.29, 0.717) is 11.1 Å². The maximum absolute atomic E-state index is 6.15. The molecule has 0 amide bonds. The zero-order valence-electron chi connectivity index (χ0n) is 11.5. The van der Waals surface area contributed by atoms with Crippen LogP contribution in [0.2, 0.25) is 10.0 Å². The van der Waals surface area contributed by atoms with Crippen LogP contribution in [-0.4, -0.2) is 12.6 Å². The number of hydrogen-bond acceptors (Lipinski definition) is 2. The molecule has 0 spiro atoms. The highest BCUT2D eigenvalue weighted by molar-refractivity contribution is 6.35. The van der Waals surface area contributed by atoms with Crippen molar-refractivity contribution in [3.63, 3.8) is 0 Å². The van der Waals surface area contributed by atoms with Crippen LogP contribution in [0.15, 0.2) is 41.0 Å². The van der Waals surface area contributed by atoms with Gasteiger partial charge in [0, 0.05) is 22.5 Å². The Morgan fingerprint density at radius 1 is 1.20 bits per heavy atom. The molecule has 0 fully saturated rings. The SMILES string of the molecule is CC(CCc1ccco1)NCCc1ccc(Cl)cc1Cl. The van der Waals surface area contributed by atoms with Crippen molar-refractivity contribution in [1.29, 1.82) is 0 Å². The van der Waals surface area contributed by atoms with E-state index in [4.69, 9.17) is 27.6 Å². The first kappa shape index (κ1) is 15.4. The predicted octanol–water partition coefficient (Wildman–Crippen LogP) is 4.74. The quantitative estimate of drug-likeness (QED) is 0.799. The van der Waals surface area contributed by atoms with Gasteiger partial charge < -0.3 is 9.73 Å². The van der Waals surface area contributed by atoms with E-state index in [1.54, 1.807) is 12.3 Å². The number of rotatable bonds is 7. The van der Waals surface area contributed by atoms with Crippen molar-refractivity contribution < 1.29 is 4.42 Å². The van der Waals surface area contributed by atoms with Crippen LogP contribution in [0.25, 0.3) is 0 Å². The molecule has 20 heavy (non-hydrogen) atoms. The molecule has 1 heterocycles. The van der Waals surface area contributed by atoms with Crippen molar-refractivity contribution in [3.05, 3.63) is 58.0 Å². The van der Waals surface area contributed by atoms with Gasteiger partial charge in [-0.05, 0) is 56.1 Å². The van der Waals surface area contributed by atoms with Crippen LogP contribution < -0.4 is 5.32 Å². The van der Waals surface area contributed by atoms with Gasteiger partial charge in [0.05, 0.1) is 6.26 Å². The molecule has 108 valence electrons. The van der Waals surface area contributed by atoms with Crippen molar-refractivity contribution in [2.75, 3.05) is 6.54 Å². The third kappa shape index (κ3) is 4.86. The predicted molar refractivity (Wildman–Crippen MR) is 84.7 cm³/mol. The summed E-state index contributed by atoms with van der Waals surface area (Å²) in [4.78, 5) is 0. The summed E-state index contributed by atoms with van der Waals surface area (Å²) < 4.78 is 5.33. The highest BCUT2D eigenvalue weighted by Gasteiger charge is 2.05. The minimum Gasteiger partial charge on any atom is -0.469 e. The molecule has 0 saturated heterocycles. The average molecular weight is 312 g/mol. The highest BCUT2D eigenvalue weighted by Crippen LogP contribution is 2.21. The normalized spacial score (nSPS) is 12.6. The molecule has 2 aromatic rings. The summed E-state index contributed by atoms with van der Waals surface area (Å²) in [5.74, 6) is 1.04. The minimum atomic E-state index is 0.450. The molecule has 2 rings (SSSR count). The lowest BCUT2D eigenvalue weighted by molar-refractivity contribution is 0.462. The third-order valence-electron chi connectivity index (χ3n) is 3.31. The molecule has 1 N–H and O–H groups in total. The van der Waals surface area contributed by atoms with Crippen LogP contribution in [0.3, 0.4) is 0 Å². The Labute approximate surface area is 130 Å². The lowest BCUT2D eigenvalue weighted by atomic mass is 10.1. The second-order valence-electron chi connectivity index (χ2n) is 4.96. The van der Waals surface area contributed by atoms with Gasteiger partial charge in [0.2, 0.25) is 0 Å². The van der Waals surface area contributed by atoms with Crippen LogP contribution in [0.4, 0.5) is 0 Å². The summed E-state index contributed by atoms with van der Waals surface area (Å²) in [7, 11) is 0. The first-order valence-corrected chi connectivity index (χ1v) is 7.60. The number of halogens is 2. The molecule has 4 heteroatoms. The first-order valence-electron chi connectivity index (χ1n) is 6.85. The molecule has 0 saturated carbocycles. The van der Waals surface area contributed by atoms with Crippen LogP contribution in [0.5, 0.6) is 0 Å². The lowest BCUT2D eigenvalue weighted by Gasteiger charge is -2.13. The topological polar surface area (TPSA) is 25.2 Å². The van der Waals surface area contributed by atoms with Gasteiger partial charge >= 0.3 is 0 Å². The second kappa shape index (κ2) is 7.72. The van der Waals surface area contributed by atoms with E-state index in [2.05, 4.69) is 12.2 Å². The minimum absolute atomic E-state index is 0.450. The van der Waals surface area contributed by atoms with Gasteiger partial charge in [-0.3, -0.25) is 0 Å². The molecule has 0 radical (unpaired) electrons. The molecule has 1 atom stereocenters. The van der Waals surface area contributed by atoms with Gasteiger partial charge in [0.25, 0.3) is 0 Å². The summed E-state index contributed by atoms with van der Waals surface area (Å²) in [5, 5.41) is 4.92. The first-order chi connectivity index (χ1) is 9.65. The standard InChI is InChI=1S/C16H19Cl2NO/c1-12(4-7-15-3-2-10-20-15)19-9-8-13-5-6-14(17)11-16(13)18/h2-3,5-6,10-12,19H,4,7-9H2,1H3. The zero-order valence-corrected chi connectivity index (χ0v) is 13.0. The van der Waals surface area contributed by atoms with E-state index in [9.17, 15) is 0 Å². The van der Waals surface area contributed by atoms with Crippen molar-refractivity contribution in [2.45, 2.75) is 32.2 Å². The number of aryl methyl sites for hydroxylation is 1. The van der Waals surface area contributed by atoms with Gasteiger partial charge in [-0.1, -0.05) is 29.3 Å². The summed E-state index contributed by atoms with van der Waals surface area (Å²) >= 11 is 12.0. The Hall–Kier alpha value is -0.960. The fraction of sp³-hybridized carbons (Fsp3) is 0.375. The summed E-state index contributed by atoms with van der Waals surface area (Å²) in [6.45, 7) is 3.09. The van der Waals surface area contributed by atoms with Crippen molar-refractivity contribution in [1.82, 2.24) is 5.32 Å². The van der Waals surface area contributed by atoms with E-state index in [1.807, 2.05) is 24.3 Å². The average Bonchev–Trinajstić information content (AvgIpc) is 2.92. The molecule has 0 aliphatic rings. The van der Waals surface area contributed by atoms with Crippen molar-refractivity contribution in [2.24, 2.45) is 0 Å². The van der Waals surface area contributed by atoms with Crippen molar-refractivity contribution in [3.8, 4) is 0 Å². The van der Waals surface area contributed by atoms with Crippen LogP contribution in [-0.2, 0) is 12.8 Å². The molecule has 0 aliphatic carbocycles.